The fraction of sp³-hybridized carbons (Fsp3) is 0.357. The Morgan fingerprint density at radius 2 is 2.10 bits per heavy atom. The van der Waals surface area contributed by atoms with Crippen LogP contribution in [0, 0.1) is 11.3 Å². The zero-order chi connectivity index (χ0) is 15.0. The first-order valence-corrected chi connectivity index (χ1v) is 6.22. The molecule has 0 aliphatic rings. The maximum absolute atomic E-state index is 11.9. The number of para-hydroxylation sites is 1. The van der Waals surface area contributed by atoms with Gasteiger partial charge in [0, 0.05) is 13.6 Å². The van der Waals surface area contributed by atoms with Gasteiger partial charge in [0.2, 0.25) is 5.91 Å². The molecule has 0 saturated heterocycles. The molecule has 1 aromatic carbocycles. The largest absolute Gasteiger partial charge is 0.482 e. The highest BCUT2D eigenvalue weighted by molar-refractivity contribution is 5.85. The summed E-state index contributed by atoms with van der Waals surface area (Å²) in [5.41, 5.74) is 0.370. The molecule has 0 aliphatic heterocycles. The summed E-state index contributed by atoms with van der Waals surface area (Å²) in [5, 5.41) is 11.4. The van der Waals surface area contributed by atoms with Crippen LogP contribution in [0.1, 0.15) is 12.5 Å². The molecule has 6 heteroatoms. The molecule has 0 spiro atoms. The molecule has 0 fully saturated rings. The van der Waals surface area contributed by atoms with Gasteiger partial charge in [0.05, 0.1) is 12.1 Å². The quantitative estimate of drug-likeness (QED) is 0.821. The summed E-state index contributed by atoms with van der Waals surface area (Å²) >= 11 is 0. The van der Waals surface area contributed by atoms with Gasteiger partial charge in [-0.25, -0.2) is 0 Å². The van der Waals surface area contributed by atoms with E-state index in [-0.39, 0.29) is 25.0 Å². The second-order valence-electron chi connectivity index (χ2n) is 3.98. The number of hydrogen-bond acceptors (Lipinski definition) is 4. The van der Waals surface area contributed by atoms with Crippen molar-refractivity contribution in [2.24, 2.45) is 0 Å². The molecular weight excluding hydrogens is 258 g/mol. The number of benzene rings is 1. The van der Waals surface area contributed by atoms with Crippen LogP contribution in [-0.2, 0) is 9.59 Å². The Bertz CT molecular complexity index is 523. The molecule has 1 aromatic rings. The van der Waals surface area contributed by atoms with Gasteiger partial charge in [0.1, 0.15) is 11.8 Å². The van der Waals surface area contributed by atoms with Crippen molar-refractivity contribution in [2.75, 3.05) is 26.7 Å². The van der Waals surface area contributed by atoms with Crippen molar-refractivity contribution in [3.05, 3.63) is 29.8 Å². The molecule has 6 nitrogen and oxygen atoms in total. The molecule has 0 radical (unpaired) electrons. The molecule has 1 N–H and O–H groups in total. The Kier molecular flexibility index (Phi) is 6.04. The normalized spacial score (nSPS) is 9.45. The Labute approximate surface area is 117 Å². The van der Waals surface area contributed by atoms with E-state index in [1.165, 1.54) is 11.9 Å². The molecule has 20 heavy (non-hydrogen) atoms. The van der Waals surface area contributed by atoms with Crippen LogP contribution in [0.15, 0.2) is 24.3 Å². The zero-order valence-corrected chi connectivity index (χ0v) is 11.5. The van der Waals surface area contributed by atoms with E-state index in [2.05, 4.69) is 5.32 Å². The first-order valence-electron chi connectivity index (χ1n) is 6.22. The number of ether oxygens (including phenoxy) is 1. The van der Waals surface area contributed by atoms with Gasteiger partial charge in [-0.2, -0.15) is 5.26 Å². The maximum Gasteiger partial charge on any atom is 0.260 e. The maximum atomic E-state index is 11.9. The van der Waals surface area contributed by atoms with Gasteiger partial charge < -0.3 is 15.0 Å². The lowest BCUT2D eigenvalue weighted by Crippen LogP contribution is -2.41. The second-order valence-corrected chi connectivity index (χ2v) is 3.98. The molecule has 0 atom stereocenters. The lowest BCUT2D eigenvalue weighted by atomic mass is 10.2. The van der Waals surface area contributed by atoms with Crippen LogP contribution in [0.4, 0.5) is 0 Å². The van der Waals surface area contributed by atoms with Gasteiger partial charge in [-0.3, -0.25) is 9.59 Å². The van der Waals surface area contributed by atoms with Crippen molar-refractivity contribution in [1.82, 2.24) is 10.2 Å². The summed E-state index contributed by atoms with van der Waals surface area (Å²) in [6.45, 7) is 1.98. The number of amides is 2. The number of nitrogens with zero attached hydrogens (tertiary/aromatic N) is 2. The highest BCUT2D eigenvalue weighted by Crippen LogP contribution is 2.16. The van der Waals surface area contributed by atoms with E-state index >= 15 is 0 Å². The lowest BCUT2D eigenvalue weighted by Gasteiger charge is -2.20. The van der Waals surface area contributed by atoms with E-state index in [0.29, 0.717) is 17.9 Å². The minimum Gasteiger partial charge on any atom is -0.482 e. The van der Waals surface area contributed by atoms with Crippen molar-refractivity contribution < 1.29 is 14.3 Å². The Morgan fingerprint density at radius 3 is 2.70 bits per heavy atom. The minimum atomic E-state index is -0.302. The topological polar surface area (TPSA) is 82.4 Å². The molecule has 0 bridgehead atoms. The Hall–Kier alpha value is -2.55. The highest BCUT2D eigenvalue weighted by Gasteiger charge is 2.15. The molecule has 2 amide bonds. The first-order chi connectivity index (χ1) is 9.62. The predicted octanol–water partition coefficient (Wildman–Crippen LogP) is 0.532. The van der Waals surface area contributed by atoms with Gasteiger partial charge in [0.25, 0.3) is 5.91 Å². The number of carbonyl (C=O) groups excluding carboxylic acids is 2. The summed E-state index contributed by atoms with van der Waals surface area (Å²) in [4.78, 5) is 24.6. The van der Waals surface area contributed by atoms with Crippen LogP contribution in [-0.4, -0.2) is 43.5 Å². The third-order valence-electron chi connectivity index (χ3n) is 2.71. The number of nitrogens with one attached hydrogen (secondary N) is 1. The van der Waals surface area contributed by atoms with Gasteiger partial charge in [0.15, 0.2) is 6.61 Å². The standard InChI is InChI=1S/C14H17N3O3/c1-3-17(9-13(18)16-2)14(19)10-20-12-7-5-4-6-11(12)8-15/h4-7H,3,9-10H2,1-2H3,(H,16,18). The molecule has 0 unspecified atom stereocenters. The smallest absolute Gasteiger partial charge is 0.260 e. The van der Waals surface area contributed by atoms with Crippen molar-refractivity contribution in [3.63, 3.8) is 0 Å². The fourth-order valence-corrected chi connectivity index (χ4v) is 1.54. The van der Waals surface area contributed by atoms with Crippen LogP contribution in [0.3, 0.4) is 0 Å². The number of nitriles is 1. The van der Waals surface area contributed by atoms with Crippen molar-refractivity contribution >= 4 is 11.8 Å². The van der Waals surface area contributed by atoms with Crippen LogP contribution in [0.2, 0.25) is 0 Å². The molecule has 0 heterocycles. The van der Waals surface area contributed by atoms with E-state index in [1.807, 2.05) is 6.07 Å². The third-order valence-corrected chi connectivity index (χ3v) is 2.71. The fourth-order valence-electron chi connectivity index (χ4n) is 1.54. The molecule has 0 aromatic heterocycles. The lowest BCUT2D eigenvalue weighted by molar-refractivity contribution is -0.137. The number of carbonyl (C=O) groups is 2. The third kappa shape index (κ3) is 4.28. The first kappa shape index (κ1) is 15.5. The van der Waals surface area contributed by atoms with Gasteiger partial charge in [-0.05, 0) is 19.1 Å². The van der Waals surface area contributed by atoms with Crippen LogP contribution < -0.4 is 10.1 Å². The molecule has 106 valence electrons. The SMILES string of the molecule is CCN(CC(=O)NC)C(=O)COc1ccccc1C#N. The van der Waals surface area contributed by atoms with Gasteiger partial charge in [-0.1, -0.05) is 12.1 Å². The summed E-state index contributed by atoms with van der Waals surface area (Å²) in [5.74, 6) is -0.180. The second kappa shape index (κ2) is 7.79. The summed E-state index contributed by atoms with van der Waals surface area (Å²) in [6.07, 6.45) is 0. The van der Waals surface area contributed by atoms with E-state index < -0.39 is 0 Å². The Morgan fingerprint density at radius 1 is 1.40 bits per heavy atom. The highest BCUT2D eigenvalue weighted by atomic mass is 16.5. The average Bonchev–Trinajstić information content (AvgIpc) is 2.50. The number of likely N-dealkylation sites (N-methyl/N-ethyl adjacent to an activating group) is 2. The molecular formula is C14H17N3O3. The molecule has 1 rings (SSSR count). The van der Waals surface area contributed by atoms with Crippen LogP contribution in [0.25, 0.3) is 0 Å². The van der Waals surface area contributed by atoms with Crippen LogP contribution >= 0.6 is 0 Å². The van der Waals surface area contributed by atoms with E-state index in [9.17, 15) is 9.59 Å². The van der Waals surface area contributed by atoms with Gasteiger partial charge >= 0.3 is 0 Å². The van der Waals surface area contributed by atoms with Gasteiger partial charge in [-0.15, -0.1) is 0 Å². The number of rotatable bonds is 6. The Balaban J connectivity index is 2.62. The van der Waals surface area contributed by atoms with E-state index in [1.54, 1.807) is 31.2 Å². The zero-order valence-electron chi connectivity index (χ0n) is 11.5. The van der Waals surface area contributed by atoms with Crippen molar-refractivity contribution in [3.8, 4) is 11.8 Å². The molecule has 0 saturated carbocycles. The predicted molar refractivity (Wildman–Crippen MR) is 73.0 cm³/mol. The average molecular weight is 275 g/mol. The summed E-state index contributed by atoms with van der Waals surface area (Å²) in [6, 6.07) is 8.67. The number of hydrogen-bond donors (Lipinski definition) is 1. The summed E-state index contributed by atoms with van der Waals surface area (Å²) in [7, 11) is 1.51. The van der Waals surface area contributed by atoms with Crippen molar-refractivity contribution in [2.45, 2.75) is 6.92 Å². The minimum absolute atomic E-state index is 0.00487. The monoisotopic (exact) mass is 275 g/mol. The van der Waals surface area contributed by atoms with E-state index in [4.69, 9.17) is 10.00 Å². The van der Waals surface area contributed by atoms with Crippen molar-refractivity contribution in [1.29, 1.82) is 5.26 Å². The summed E-state index contributed by atoms with van der Waals surface area (Å²) < 4.78 is 5.34. The van der Waals surface area contributed by atoms with E-state index in [0.717, 1.165) is 0 Å². The molecule has 0 aliphatic carbocycles. The van der Waals surface area contributed by atoms with Crippen LogP contribution in [0.5, 0.6) is 5.75 Å².